The number of hydrogen-bond acceptors (Lipinski definition) is 2. The number of aryl methyl sites for hydroxylation is 1. The van der Waals surface area contributed by atoms with Gasteiger partial charge in [-0.15, -0.1) is 0 Å². The first kappa shape index (κ1) is 14.8. The fourth-order valence-corrected chi connectivity index (χ4v) is 3.25. The summed E-state index contributed by atoms with van der Waals surface area (Å²) in [4.78, 5) is 12.5. The van der Waals surface area contributed by atoms with Gasteiger partial charge in [0.2, 0.25) is 0 Å². The number of carbonyl (C=O) groups excluding carboxylic acids is 1. The van der Waals surface area contributed by atoms with E-state index < -0.39 is 6.10 Å². The maximum atomic E-state index is 12.5. The van der Waals surface area contributed by atoms with Crippen molar-refractivity contribution in [2.75, 3.05) is 0 Å². The van der Waals surface area contributed by atoms with Gasteiger partial charge in [0.25, 0.3) is 5.91 Å². The summed E-state index contributed by atoms with van der Waals surface area (Å²) in [6.45, 7) is 0.516. The standard InChI is InChI=1S/C21H19NO2/c23-21(20-13-12-16-7-2-4-11-19(16)24-20)22-14-17-9-5-8-15-6-1-3-10-18(15)17/h1-11,20H,12-14H2,(H,22,23). The predicted octanol–water partition coefficient (Wildman–Crippen LogP) is 3.85. The highest BCUT2D eigenvalue weighted by atomic mass is 16.5. The van der Waals surface area contributed by atoms with Crippen molar-refractivity contribution in [3.63, 3.8) is 0 Å². The third kappa shape index (κ3) is 2.85. The Morgan fingerprint density at radius 1 is 1.00 bits per heavy atom. The van der Waals surface area contributed by atoms with E-state index in [0.29, 0.717) is 6.54 Å². The van der Waals surface area contributed by atoms with Gasteiger partial charge in [-0.05, 0) is 40.8 Å². The molecule has 1 unspecified atom stereocenters. The minimum absolute atomic E-state index is 0.0440. The Kier molecular flexibility index (Phi) is 3.91. The normalized spacial score (nSPS) is 16.2. The van der Waals surface area contributed by atoms with Gasteiger partial charge in [0, 0.05) is 6.54 Å². The molecular weight excluding hydrogens is 298 g/mol. The van der Waals surface area contributed by atoms with Crippen LogP contribution < -0.4 is 10.1 Å². The number of benzene rings is 3. The van der Waals surface area contributed by atoms with E-state index in [4.69, 9.17) is 4.74 Å². The lowest BCUT2D eigenvalue weighted by Gasteiger charge is -2.25. The molecule has 1 heterocycles. The Morgan fingerprint density at radius 3 is 2.75 bits per heavy atom. The molecule has 3 heteroatoms. The predicted molar refractivity (Wildman–Crippen MR) is 95.0 cm³/mol. The number of rotatable bonds is 3. The van der Waals surface area contributed by atoms with Crippen LogP contribution in [0, 0.1) is 0 Å². The molecule has 1 atom stereocenters. The van der Waals surface area contributed by atoms with E-state index in [0.717, 1.165) is 24.2 Å². The molecule has 0 fully saturated rings. The van der Waals surface area contributed by atoms with Gasteiger partial charge in [-0.25, -0.2) is 0 Å². The maximum Gasteiger partial charge on any atom is 0.261 e. The third-order valence-corrected chi connectivity index (χ3v) is 4.54. The monoisotopic (exact) mass is 317 g/mol. The average molecular weight is 317 g/mol. The van der Waals surface area contributed by atoms with Gasteiger partial charge >= 0.3 is 0 Å². The Balaban J connectivity index is 1.45. The zero-order valence-electron chi connectivity index (χ0n) is 13.4. The molecule has 1 N–H and O–H groups in total. The van der Waals surface area contributed by atoms with Crippen LogP contribution in [-0.4, -0.2) is 12.0 Å². The highest BCUT2D eigenvalue weighted by Gasteiger charge is 2.25. The summed E-state index contributed by atoms with van der Waals surface area (Å²) >= 11 is 0. The van der Waals surface area contributed by atoms with Gasteiger partial charge in [-0.3, -0.25) is 4.79 Å². The molecule has 3 nitrogen and oxygen atoms in total. The Morgan fingerprint density at radius 2 is 1.79 bits per heavy atom. The van der Waals surface area contributed by atoms with Crippen LogP contribution in [0.1, 0.15) is 17.5 Å². The van der Waals surface area contributed by atoms with Crippen LogP contribution in [0.2, 0.25) is 0 Å². The second-order valence-corrected chi connectivity index (χ2v) is 6.11. The molecule has 3 aromatic carbocycles. The van der Waals surface area contributed by atoms with Crippen molar-refractivity contribution in [1.82, 2.24) is 5.32 Å². The molecule has 0 aromatic heterocycles. The molecule has 0 radical (unpaired) electrons. The van der Waals surface area contributed by atoms with Gasteiger partial charge in [0.1, 0.15) is 5.75 Å². The Hall–Kier alpha value is -2.81. The first-order chi connectivity index (χ1) is 11.8. The van der Waals surface area contributed by atoms with Gasteiger partial charge < -0.3 is 10.1 Å². The van der Waals surface area contributed by atoms with E-state index in [9.17, 15) is 4.79 Å². The van der Waals surface area contributed by atoms with Crippen molar-refractivity contribution < 1.29 is 9.53 Å². The van der Waals surface area contributed by atoms with E-state index in [2.05, 4.69) is 35.6 Å². The fourth-order valence-electron chi connectivity index (χ4n) is 3.25. The molecule has 0 aliphatic carbocycles. The Bertz CT molecular complexity index is 882. The number of fused-ring (bicyclic) bond motifs is 2. The number of carbonyl (C=O) groups is 1. The molecule has 0 saturated heterocycles. The summed E-state index contributed by atoms with van der Waals surface area (Å²) in [6.07, 6.45) is 1.19. The zero-order valence-corrected chi connectivity index (χ0v) is 13.4. The van der Waals surface area contributed by atoms with E-state index in [1.807, 2.05) is 36.4 Å². The third-order valence-electron chi connectivity index (χ3n) is 4.54. The van der Waals surface area contributed by atoms with Crippen LogP contribution in [-0.2, 0) is 17.8 Å². The number of amides is 1. The summed E-state index contributed by atoms with van der Waals surface area (Å²) in [5.41, 5.74) is 2.30. The van der Waals surface area contributed by atoms with Gasteiger partial charge in [-0.2, -0.15) is 0 Å². The molecule has 1 amide bonds. The molecule has 120 valence electrons. The van der Waals surface area contributed by atoms with E-state index in [-0.39, 0.29) is 5.91 Å². The topological polar surface area (TPSA) is 38.3 Å². The van der Waals surface area contributed by atoms with Crippen molar-refractivity contribution in [2.24, 2.45) is 0 Å². The highest BCUT2D eigenvalue weighted by Crippen LogP contribution is 2.27. The SMILES string of the molecule is O=C(NCc1cccc2ccccc12)C1CCc2ccccc2O1. The van der Waals surface area contributed by atoms with E-state index in [1.54, 1.807) is 0 Å². The number of nitrogens with one attached hydrogen (secondary N) is 1. The van der Waals surface area contributed by atoms with Crippen molar-refractivity contribution in [2.45, 2.75) is 25.5 Å². The maximum absolute atomic E-state index is 12.5. The van der Waals surface area contributed by atoms with Crippen LogP contribution >= 0.6 is 0 Å². The lowest BCUT2D eigenvalue weighted by atomic mass is 10.0. The molecule has 0 spiro atoms. The molecular formula is C21H19NO2. The van der Waals surface area contributed by atoms with Crippen molar-refractivity contribution >= 4 is 16.7 Å². The largest absolute Gasteiger partial charge is 0.480 e. The molecule has 4 rings (SSSR count). The van der Waals surface area contributed by atoms with Crippen molar-refractivity contribution in [1.29, 1.82) is 0 Å². The van der Waals surface area contributed by atoms with Gasteiger partial charge in [0.05, 0.1) is 0 Å². The number of para-hydroxylation sites is 1. The molecule has 3 aromatic rings. The minimum Gasteiger partial charge on any atom is -0.480 e. The quantitative estimate of drug-likeness (QED) is 0.797. The first-order valence-corrected chi connectivity index (χ1v) is 8.30. The van der Waals surface area contributed by atoms with Crippen LogP contribution in [0.3, 0.4) is 0 Å². The molecule has 24 heavy (non-hydrogen) atoms. The lowest BCUT2D eigenvalue weighted by Crippen LogP contribution is -2.40. The van der Waals surface area contributed by atoms with Crippen LogP contribution in [0.5, 0.6) is 5.75 Å². The first-order valence-electron chi connectivity index (χ1n) is 8.30. The highest BCUT2D eigenvalue weighted by molar-refractivity contribution is 5.86. The Labute approximate surface area is 141 Å². The van der Waals surface area contributed by atoms with E-state index in [1.165, 1.54) is 16.3 Å². The number of ether oxygens (including phenoxy) is 1. The van der Waals surface area contributed by atoms with Crippen LogP contribution in [0.4, 0.5) is 0 Å². The van der Waals surface area contributed by atoms with Gasteiger partial charge in [0.15, 0.2) is 6.10 Å². The second-order valence-electron chi connectivity index (χ2n) is 6.11. The lowest BCUT2D eigenvalue weighted by molar-refractivity contribution is -0.128. The van der Waals surface area contributed by atoms with Crippen molar-refractivity contribution in [3.8, 4) is 5.75 Å². The number of hydrogen-bond donors (Lipinski definition) is 1. The molecule has 1 aliphatic rings. The van der Waals surface area contributed by atoms with Crippen molar-refractivity contribution in [3.05, 3.63) is 77.9 Å². The zero-order chi connectivity index (χ0) is 16.4. The summed E-state index contributed by atoms with van der Waals surface area (Å²) in [5.74, 6) is 0.784. The molecule has 1 aliphatic heterocycles. The van der Waals surface area contributed by atoms with Crippen LogP contribution in [0.25, 0.3) is 10.8 Å². The summed E-state index contributed by atoms with van der Waals surface area (Å²) in [6, 6.07) is 22.3. The second kappa shape index (κ2) is 6.36. The average Bonchev–Trinajstić information content (AvgIpc) is 2.65. The summed E-state index contributed by atoms with van der Waals surface area (Å²) in [7, 11) is 0. The molecule has 0 saturated carbocycles. The van der Waals surface area contributed by atoms with Crippen LogP contribution in [0.15, 0.2) is 66.7 Å². The smallest absolute Gasteiger partial charge is 0.261 e. The fraction of sp³-hybridized carbons (Fsp3) is 0.190. The van der Waals surface area contributed by atoms with Gasteiger partial charge in [-0.1, -0.05) is 60.7 Å². The minimum atomic E-state index is -0.408. The van der Waals surface area contributed by atoms with E-state index >= 15 is 0 Å². The molecule has 0 bridgehead atoms. The summed E-state index contributed by atoms with van der Waals surface area (Å²) in [5, 5.41) is 5.39. The summed E-state index contributed by atoms with van der Waals surface area (Å²) < 4.78 is 5.86.